The summed E-state index contributed by atoms with van der Waals surface area (Å²) in [5, 5.41) is 3.93. The lowest BCUT2D eigenvalue weighted by Gasteiger charge is -2.13. The summed E-state index contributed by atoms with van der Waals surface area (Å²) in [6.07, 6.45) is 0.861. The predicted molar refractivity (Wildman–Crippen MR) is 67.2 cm³/mol. The second-order valence-corrected chi connectivity index (χ2v) is 3.97. The minimum Gasteiger partial charge on any atom is -0.462 e. The number of fused-ring (bicyclic) bond motifs is 1. The van der Waals surface area contributed by atoms with E-state index in [9.17, 15) is 9.59 Å². The van der Waals surface area contributed by atoms with Gasteiger partial charge in [0.2, 0.25) is 0 Å². The van der Waals surface area contributed by atoms with Gasteiger partial charge in [0, 0.05) is 6.54 Å². The van der Waals surface area contributed by atoms with Gasteiger partial charge in [-0.05, 0) is 31.5 Å². The molecular weight excluding hydrogens is 232 g/mol. The second-order valence-electron chi connectivity index (χ2n) is 3.97. The van der Waals surface area contributed by atoms with Crippen LogP contribution in [0.15, 0.2) is 18.2 Å². The van der Waals surface area contributed by atoms with Crippen molar-refractivity contribution in [3.05, 3.63) is 23.8 Å². The molecule has 0 saturated heterocycles. The Labute approximate surface area is 106 Å². The van der Waals surface area contributed by atoms with E-state index in [-0.39, 0.29) is 6.03 Å². The fourth-order valence-corrected chi connectivity index (χ4v) is 1.89. The van der Waals surface area contributed by atoms with Crippen molar-refractivity contribution in [1.82, 2.24) is 5.32 Å². The van der Waals surface area contributed by atoms with Crippen LogP contribution < -0.4 is 10.2 Å². The van der Waals surface area contributed by atoms with Crippen molar-refractivity contribution in [2.45, 2.75) is 20.3 Å². The lowest BCUT2D eigenvalue weighted by atomic mass is 10.1. The molecule has 2 rings (SSSR count). The van der Waals surface area contributed by atoms with Crippen LogP contribution in [0.2, 0.25) is 0 Å². The summed E-state index contributed by atoms with van der Waals surface area (Å²) in [5.74, 6) is -0.392. The number of carbonyl (C=O) groups is 2. The number of hydrogen-bond donors (Lipinski definition) is 0. The van der Waals surface area contributed by atoms with Crippen LogP contribution in [-0.2, 0) is 4.74 Å². The van der Waals surface area contributed by atoms with E-state index in [1.165, 1.54) is 0 Å². The van der Waals surface area contributed by atoms with E-state index in [1.54, 1.807) is 30.0 Å². The van der Waals surface area contributed by atoms with Crippen molar-refractivity contribution in [3.63, 3.8) is 0 Å². The van der Waals surface area contributed by atoms with Gasteiger partial charge in [-0.3, -0.25) is 4.90 Å². The van der Waals surface area contributed by atoms with Crippen LogP contribution in [0.4, 0.5) is 16.2 Å². The van der Waals surface area contributed by atoms with E-state index in [4.69, 9.17) is 4.74 Å². The van der Waals surface area contributed by atoms with Crippen molar-refractivity contribution in [1.29, 1.82) is 0 Å². The Morgan fingerprint density at radius 3 is 2.83 bits per heavy atom. The first-order valence-electron chi connectivity index (χ1n) is 6.01. The molecule has 1 aliphatic heterocycles. The zero-order chi connectivity index (χ0) is 13.1. The highest BCUT2D eigenvalue weighted by atomic mass is 16.5. The minimum absolute atomic E-state index is 0.271. The van der Waals surface area contributed by atoms with E-state index in [0.29, 0.717) is 24.4 Å². The molecule has 0 aliphatic carbocycles. The maximum absolute atomic E-state index is 11.7. The van der Waals surface area contributed by atoms with Crippen molar-refractivity contribution < 1.29 is 14.3 Å². The van der Waals surface area contributed by atoms with E-state index < -0.39 is 5.97 Å². The first-order chi connectivity index (χ1) is 8.67. The highest BCUT2D eigenvalue weighted by molar-refractivity contribution is 6.05. The fourth-order valence-electron chi connectivity index (χ4n) is 1.89. The first kappa shape index (κ1) is 12.4. The summed E-state index contributed by atoms with van der Waals surface area (Å²) in [6, 6.07) is 4.73. The number of carbonyl (C=O) groups excluding carboxylic acids is 2. The smallest absolute Gasteiger partial charge is 0.348 e. The molecule has 0 unspecified atom stereocenters. The number of nitrogens with zero attached hydrogens (tertiary/aromatic N) is 2. The Kier molecular flexibility index (Phi) is 3.50. The molecule has 1 aromatic carbocycles. The fraction of sp³-hybridized carbons (Fsp3) is 0.385. The van der Waals surface area contributed by atoms with Gasteiger partial charge >= 0.3 is 12.0 Å². The van der Waals surface area contributed by atoms with Crippen LogP contribution >= 0.6 is 0 Å². The lowest BCUT2D eigenvalue weighted by Crippen LogP contribution is -2.28. The van der Waals surface area contributed by atoms with Gasteiger partial charge < -0.3 is 4.74 Å². The van der Waals surface area contributed by atoms with E-state index in [2.05, 4.69) is 5.32 Å². The molecule has 0 atom stereocenters. The largest absolute Gasteiger partial charge is 0.462 e. The standard InChI is InChI=1S/C13H15N2O3/c1-3-7-15-11-6-5-9(12(16)18-4-2)8-10(11)14-13(15)17/h5-6,8H,3-4,7H2,1-2H3. The Balaban J connectivity index is 2.27. The number of esters is 1. The molecule has 95 valence electrons. The second kappa shape index (κ2) is 5.08. The van der Waals surface area contributed by atoms with Gasteiger partial charge in [0.15, 0.2) is 0 Å². The molecule has 2 amide bonds. The zero-order valence-electron chi connectivity index (χ0n) is 10.5. The first-order valence-corrected chi connectivity index (χ1v) is 6.01. The number of urea groups is 1. The third-order valence-electron chi connectivity index (χ3n) is 2.67. The quantitative estimate of drug-likeness (QED) is 0.768. The molecule has 1 radical (unpaired) electrons. The number of hydrogen-bond acceptors (Lipinski definition) is 3. The van der Waals surface area contributed by atoms with Crippen LogP contribution in [0.25, 0.3) is 0 Å². The Morgan fingerprint density at radius 2 is 2.17 bits per heavy atom. The third kappa shape index (κ3) is 2.16. The zero-order valence-corrected chi connectivity index (χ0v) is 10.5. The Bertz CT molecular complexity index is 485. The summed E-state index contributed by atoms with van der Waals surface area (Å²) < 4.78 is 4.91. The topological polar surface area (TPSA) is 60.7 Å². The van der Waals surface area contributed by atoms with Gasteiger partial charge in [0.1, 0.15) is 0 Å². The van der Waals surface area contributed by atoms with Crippen LogP contribution in [0.1, 0.15) is 30.6 Å². The Morgan fingerprint density at radius 1 is 1.39 bits per heavy atom. The molecule has 18 heavy (non-hydrogen) atoms. The Hall–Kier alpha value is -2.04. The predicted octanol–water partition coefficient (Wildman–Crippen LogP) is 2.45. The number of rotatable bonds is 4. The van der Waals surface area contributed by atoms with E-state index in [1.807, 2.05) is 6.92 Å². The number of anilines is 1. The van der Waals surface area contributed by atoms with Gasteiger partial charge in [0.25, 0.3) is 0 Å². The molecule has 1 heterocycles. The summed E-state index contributed by atoms with van der Waals surface area (Å²) >= 11 is 0. The van der Waals surface area contributed by atoms with Gasteiger partial charge in [-0.2, -0.15) is 5.32 Å². The van der Waals surface area contributed by atoms with Gasteiger partial charge in [-0.1, -0.05) is 6.92 Å². The molecule has 1 aliphatic rings. The lowest BCUT2D eigenvalue weighted by molar-refractivity contribution is 0.0526. The number of ether oxygens (including phenoxy) is 1. The van der Waals surface area contributed by atoms with Gasteiger partial charge in [-0.15, -0.1) is 0 Å². The van der Waals surface area contributed by atoms with Crippen LogP contribution in [0.5, 0.6) is 0 Å². The van der Waals surface area contributed by atoms with Crippen LogP contribution in [0, 0.1) is 0 Å². The molecule has 0 N–H and O–H groups in total. The maximum Gasteiger partial charge on any atom is 0.348 e. The third-order valence-corrected chi connectivity index (χ3v) is 2.67. The normalized spacial score (nSPS) is 13.2. The summed E-state index contributed by atoms with van der Waals surface area (Å²) in [5.41, 5.74) is 1.72. The molecule has 0 aromatic heterocycles. The van der Waals surface area contributed by atoms with Crippen molar-refractivity contribution in [2.75, 3.05) is 18.1 Å². The van der Waals surface area contributed by atoms with Crippen molar-refractivity contribution >= 4 is 23.4 Å². The average Bonchev–Trinajstić information content (AvgIpc) is 2.66. The molecule has 5 nitrogen and oxygen atoms in total. The maximum atomic E-state index is 11.7. The van der Waals surface area contributed by atoms with Gasteiger partial charge in [-0.25, -0.2) is 9.59 Å². The SMILES string of the molecule is CCCN1C(=O)[N]c2cc(C(=O)OCC)ccc21. The molecule has 1 aromatic rings. The summed E-state index contributed by atoms with van der Waals surface area (Å²) in [6.45, 7) is 4.71. The molecule has 0 fully saturated rings. The monoisotopic (exact) mass is 247 g/mol. The minimum atomic E-state index is -0.392. The molecular formula is C13H15N2O3. The van der Waals surface area contributed by atoms with E-state index in [0.717, 1.165) is 12.1 Å². The van der Waals surface area contributed by atoms with Gasteiger partial charge in [0.05, 0.1) is 23.5 Å². The molecule has 0 saturated carbocycles. The van der Waals surface area contributed by atoms with Crippen LogP contribution in [-0.4, -0.2) is 25.2 Å². The molecule has 5 heteroatoms. The molecule has 0 spiro atoms. The van der Waals surface area contributed by atoms with Crippen molar-refractivity contribution in [2.24, 2.45) is 0 Å². The highest BCUT2D eigenvalue weighted by Crippen LogP contribution is 2.33. The summed E-state index contributed by atoms with van der Waals surface area (Å²) in [7, 11) is 0. The average molecular weight is 247 g/mol. The summed E-state index contributed by atoms with van der Waals surface area (Å²) in [4.78, 5) is 24.9. The van der Waals surface area contributed by atoms with Crippen LogP contribution in [0.3, 0.4) is 0 Å². The number of benzene rings is 1. The van der Waals surface area contributed by atoms with E-state index >= 15 is 0 Å². The molecule has 0 bridgehead atoms. The van der Waals surface area contributed by atoms with Crippen molar-refractivity contribution in [3.8, 4) is 0 Å². The number of amides is 2. The highest BCUT2D eigenvalue weighted by Gasteiger charge is 2.28.